The van der Waals surface area contributed by atoms with E-state index in [2.05, 4.69) is 126 Å². The van der Waals surface area contributed by atoms with Crippen LogP contribution in [0.1, 0.15) is 11.3 Å². The molecule has 0 radical (unpaired) electrons. The minimum atomic E-state index is 0.516. The molecule has 0 fully saturated rings. The molecule has 0 N–H and O–H groups in total. The second-order valence-electron chi connectivity index (χ2n) is 15.5. The molecule has 0 spiro atoms. The second kappa shape index (κ2) is 16.9. The number of para-hydroxylation sites is 3. The van der Waals surface area contributed by atoms with E-state index in [1.807, 2.05) is 115 Å². The van der Waals surface area contributed by atoms with Crippen molar-refractivity contribution in [1.29, 1.82) is 5.26 Å². The van der Waals surface area contributed by atoms with E-state index in [0.717, 1.165) is 88.8 Å². The predicted octanol–water partition coefficient (Wildman–Crippen LogP) is 14.3. The maximum absolute atomic E-state index is 10.4. The normalized spacial score (nSPS) is 11.5. The summed E-state index contributed by atoms with van der Waals surface area (Å²) in [6.07, 6.45) is 8.05. The summed E-state index contributed by atoms with van der Waals surface area (Å²) in [5, 5.41) is 13.8. The number of rotatable bonds is 11. The summed E-state index contributed by atoms with van der Waals surface area (Å²) in [4.78, 5) is 14.8. The van der Waals surface area contributed by atoms with Crippen LogP contribution in [0.25, 0.3) is 95.5 Å². The number of hydrogen-bond acceptors (Lipinski definition) is 4. The first-order valence-electron chi connectivity index (χ1n) is 21.0. The molecule has 64 heavy (non-hydrogen) atoms. The molecule has 3 heterocycles. The zero-order valence-corrected chi connectivity index (χ0v) is 34.9. The van der Waals surface area contributed by atoms with E-state index in [4.69, 9.17) is 15.0 Å². The number of fused-ring (bicyclic) bond motifs is 4. The molecule has 0 saturated carbocycles. The van der Waals surface area contributed by atoms with Crippen LogP contribution in [-0.2, 0) is 0 Å². The Bertz CT molecular complexity index is 3490. The number of allylic oxidation sites excluding steroid dienone is 6. The molecule has 7 aromatic carbocycles. The van der Waals surface area contributed by atoms with Gasteiger partial charge in [0.15, 0.2) is 17.5 Å². The first kappa shape index (κ1) is 39.2. The Morgan fingerprint density at radius 1 is 0.484 bits per heavy atom. The topological polar surface area (TPSA) is 72.3 Å². The van der Waals surface area contributed by atoms with Crippen LogP contribution < -0.4 is 0 Å². The highest BCUT2D eigenvalue weighted by atomic mass is 15.0. The highest BCUT2D eigenvalue weighted by Gasteiger charge is 2.18. The zero-order chi connectivity index (χ0) is 43.6. The van der Waals surface area contributed by atoms with Gasteiger partial charge in [0, 0.05) is 55.5 Å². The fraction of sp³-hybridized carbons (Fsp3) is 0. The summed E-state index contributed by atoms with van der Waals surface area (Å²) in [6, 6.07) is 63.6. The van der Waals surface area contributed by atoms with E-state index in [1.54, 1.807) is 0 Å². The summed E-state index contributed by atoms with van der Waals surface area (Å²) < 4.78 is 4.41. The molecular formula is C58H40N6. The first-order valence-corrected chi connectivity index (χ1v) is 21.0. The van der Waals surface area contributed by atoms with Crippen LogP contribution in [0.2, 0.25) is 0 Å². The van der Waals surface area contributed by atoms with Crippen LogP contribution in [-0.4, -0.2) is 24.1 Å². The van der Waals surface area contributed by atoms with E-state index in [-0.39, 0.29) is 0 Å². The molecule has 0 unspecified atom stereocenters. The summed E-state index contributed by atoms with van der Waals surface area (Å²) >= 11 is 0. The van der Waals surface area contributed by atoms with Crippen LogP contribution >= 0.6 is 0 Å². The monoisotopic (exact) mass is 820 g/mol. The van der Waals surface area contributed by atoms with Crippen molar-refractivity contribution in [2.45, 2.75) is 0 Å². The first-order chi connectivity index (χ1) is 31.4. The molecule has 3 aromatic heterocycles. The highest BCUT2D eigenvalue weighted by Crippen LogP contribution is 2.37. The fourth-order valence-electron chi connectivity index (χ4n) is 8.24. The molecule has 10 aromatic rings. The number of nitrogens with zero attached hydrogens (tertiary/aromatic N) is 6. The summed E-state index contributed by atoms with van der Waals surface area (Å²) in [6.45, 7) is 13.3. The Hall–Kier alpha value is -8.92. The van der Waals surface area contributed by atoms with Crippen molar-refractivity contribution in [1.82, 2.24) is 24.1 Å². The molecule has 0 aliphatic heterocycles. The van der Waals surface area contributed by atoms with Gasteiger partial charge in [0.25, 0.3) is 0 Å². The number of hydrogen-bond donors (Lipinski definition) is 0. The summed E-state index contributed by atoms with van der Waals surface area (Å²) in [5.41, 5.74) is 12.3. The third kappa shape index (κ3) is 7.44. The van der Waals surface area contributed by atoms with Crippen LogP contribution in [0.5, 0.6) is 0 Å². The lowest BCUT2D eigenvalue weighted by Gasteiger charge is -2.12. The average Bonchev–Trinajstić information content (AvgIpc) is 3.90. The average molecular weight is 821 g/mol. The maximum Gasteiger partial charge on any atom is 0.164 e. The molecule has 6 nitrogen and oxygen atoms in total. The molecule has 302 valence electrons. The number of aromatic nitrogens is 5. The Kier molecular flexibility index (Phi) is 10.3. The van der Waals surface area contributed by atoms with Crippen molar-refractivity contribution < 1.29 is 0 Å². The lowest BCUT2D eigenvalue weighted by atomic mass is 9.96. The molecule has 10 rings (SSSR count). The standard InChI is InChI=1S/C58H40N6/c1-39(40(2)28-33-49-35-45-21-13-15-25-53(45)64(49)48-22-11-6-12-23-48)27-29-41(3)63-54-26-16-14-24-50(54)51-34-32-44(37-55(51)63)52-36-46(30-31-47(52)38-59)58-61-56(42-17-7-4-8-18-42)60-57(62-58)43-19-9-5-10-20-43/h4-37H,1-3H2/b29-27-,33-28-. The molecule has 0 bridgehead atoms. The summed E-state index contributed by atoms with van der Waals surface area (Å²) in [7, 11) is 0. The second-order valence-corrected chi connectivity index (χ2v) is 15.5. The van der Waals surface area contributed by atoms with Crippen molar-refractivity contribution in [3.8, 4) is 57.0 Å². The number of nitriles is 1. The highest BCUT2D eigenvalue weighted by molar-refractivity contribution is 6.11. The van der Waals surface area contributed by atoms with Gasteiger partial charge in [-0.3, -0.25) is 0 Å². The summed E-state index contributed by atoms with van der Waals surface area (Å²) in [5.74, 6) is 1.66. The Morgan fingerprint density at radius 2 is 1.05 bits per heavy atom. The quantitative estimate of drug-likeness (QED) is 0.122. The van der Waals surface area contributed by atoms with E-state index in [1.165, 1.54) is 0 Å². The Morgan fingerprint density at radius 3 is 1.73 bits per heavy atom. The van der Waals surface area contributed by atoms with E-state index in [0.29, 0.717) is 23.0 Å². The van der Waals surface area contributed by atoms with Gasteiger partial charge in [-0.05, 0) is 83.5 Å². The largest absolute Gasteiger partial charge is 0.310 e. The van der Waals surface area contributed by atoms with Crippen molar-refractivity contribution in [3.05, 3.63) is 242 Å². The third-order valence-electron chi connectivity index (χ3n) is 11.5. The van der Waals surface area contributed by atoms with Gasteiger partial charge in [0.2, 0.25) is 0 Å². The van der Waals surface area contributed by atoms with Crippen LogP contribution in [0.15, 0.2) is 231 Å². The van der Waals surface area contributed by atoms with E-state index >= 15 is 0 Å². The minimum absolute atomic E-state index is 0.516. The molecule has 0 saturated heterocycles. The van der Waals surface area contributed by atoms with Gasteiger partial charge < -0.3 is 9.13 Å². The van der Waals surface area contributed by atoms with Crippen LogP contribution in [0.3, 0.4) is 0 Å². The Balaban J connectivity index is 0.992. The molecule has 6 heteroatoms. The smallest absolute Gasteiger partial charge is 0.164 e. The number of benzene rings is 7. The predicted molar refractivity (Wildman–Crippen MR) is 264 cm³/mol. The molecule has 0 atom stereocenters. The molecule has 0 aliphatic carbocycles. The van der Waals surface area contributed by atoms with Gasteiger partial charge in [0.1, 0.15) is 0 Å². The van der Waals surface area contributed by atoms with Crippen molar-refractivity contribution in [3.63, 3.8) is 0 Å². The SMILES string of the molecule is C=C(/C=C\C(=C)n1c2ccccc2c2ccc(-c3cc(-c4nc(-c5ccccc5)nc(-c5ccccc5)n4)ccc3C#N)cc21)C(=C)/C=C\c1cc2ccccc2n1-c1ccccc1. The molecule has 0 amide bonds. The fourth-order valence-corrected chi connectivity index (χ4v) is 8.24. The van der Waals surface area contributed by atoms with Gasteiger partial charge >= 0.3 is 0 Å². The van der Waals surface area contributed by atoms with Gasteiger partial charge in [-0.1, -0.05) is 159 Å². The van der Waals surface area contributed by atoms with Crippen molar-refractivity contribution in [2.75, 3.05) is 0 Å². The molecular weight excluding hydrogens is 781 g/mol. The Labute approximate surface area is 371 Å². The van der Waals surface area contributed by atoms with Gasteiger partial charge in [0.05, 0.1) is 28.2 Å². The minimum Gasteiger partial charge on any atom is -0.310 e. The zero-order valence-electron chi connectivity index (χ0n) is 34.9. The lowest BCUT2D eigenvalue weighted by Crippen LogP contribution is -2.00. The molecule has 0 aliphatic rings. The van der Waals surface area contributed by atoms with Gasteiger partial charge in [-0.2, -0.15) is 5.26 Å². The van der Waals surface area contributed by atoms with Crippen molar-refractivity contribution >= 4 is 44.5 Å². The van der Waals surface area contributed by atoms with E-state index in [9.17, 15) is 5.26 Å². The van der Waals surface area contributed by atoms with E-state index < -0.39 is 0 Å². The maximum atomic E-state index is 10.4. The van der Waals surface area contributed by atoms with Gasteiger partial charge in [-0.25, -0.2) is 15.0 Å². The van der Waals surface area contributed by atoms with Crippen LogP contribution in [0.4, 0.5) is 0 Å². The lowest BCUT2D eigenvalue weighted by molar-refractivity contribution is 1.07. The third-order valence-corrected chi connectivity index (χ3v) is 11.5. The van der Waals surface area contributed by atoms with Crippen LogP contribution in [0, 0.1) is 11.3 Å². The van der Waals surface area contributed by atoms with Gasteiger partial charge in [-0.15, -0.1) is 0 Å². The van der Waals surface area contributed by atoms with Crippen molar-refractivity contribution in [2.24, 2.45) is 0 Å².